The fourth-order valence-corrected chi connectivity index (χ4v) is 3.17. The monoisotopic (exact) mass is 379 g/mol. The van der Waals surface area contributed by atoms with Crippen LogP contribution in [-0.4, -0.2) is 30.4 Å². The number of halogens is 1. The van der Waals surface area contributed by atoms with Crippen molar-refractivity contribution in [2.45, 2.75) is 20.3 Å². The zero-order chi connectivity index (χ0) is 20.3. The molecule has 0 spiro atoms. The van der Waals surface area contributed by atoms with E-state index in [9.17, 15) is 14.0 Å². The van der Waals surface area contributed by atoms with Gasteiger partial charge in [0.2, 0.25) is 0 Å². The maximum atomic E-state index is 13.1. The number of carbonyl (C=O) groups excluding carboxylic acids is 2. The van der Waals surface area contributed by atoms with E-state index in [0.29, 0.717) is 24.1 Å². The molecule has 2 aromatic carbocycles. The maximum absolute atomic E-state index is 13.1. The molecule has 0 fully saturated rings. The molecule has 0 radical (unpaired) electrons. The van der Waals surface area contributed by atoms with Crippen LogP contribution in [0, 0.1) is 19.7 Å². The molecule has 0 N–H and O–H groups in total. The van der Waals surface area contributed by atoms with Crippen molar-refractivity contribution >= 4 is 23.5 Å². The minimum atomic E-state index is -0.380. The fourth-order valence-electron chi connectivity index (χ4n) is 3.17. The van der Waals surface area contributed by atoms with Crippen molar-refractivity contribution in [1.29, 1.82) is 0 Å². The summed E-state index contributed by atoms with van der Waals surface area (Å²) in [5, 5.41) is 0. The van der Waals surface area contributed by atoms with Crippen molar-refractivity contribution in [3.05, 3.63) is 76.6 Å². The Morgan fingerprint density at radius 3 is 2.57 bits per heavy atom. The van der Waals surface area contributed by atoms with Crippen LogP contribution in [0.1, 0.15) is 28.7 Å². The van der Waals surface area contributed by atoms with E-state index >= 15 is 0 Å². The lowest BCUT2D eigenvalue weighted by molar-refractivity contribution is -0.138. The zero-order valence-corrected chi connectivity index (χ0v) is 16.2. The first-order valence-corrected chi connectivity index (χ1v) is 9.06. The maximum Gasteiger partial charge on any atom is 0.261 e. The lowest BCUT2D eigenvalue weighted by atomic mass is 10.00. The van der Waals surface area contributed by atoms with Gasteiger partial charge >= 0.3 is 0 Å². The minimum absolute atomic E-state index is 0.322. The van der Waals surface area contributed by atoms with Gasteiger partial charge in [-0.05, 0) is 66.8 Å². The molecule has 1 aliphatic rings. The number of ether oxygens (including phenoxy) is 1. The van der Waals surface area contributed by atoms with Gasteiger partial charge in [-0.15, -0.1) is 0 Å². The molecule has 2 aromatic rings. The number of carbonyl (C=O) groups is 2. The zero-order valence-electron chi connectivity index (χ0n) is 16.2. The van der Waals surface area contributed by atoms with Gasteiger partial charge in [0.1, 0.15) is 11.6 Å². The number of imide groups is 1. The lowest BCUT2D eigenvalue weighted by Gasteiger charge is -2.24. The summed E-state index contributed by atoms with van der Waals surface area (Å²) < 4.78 is 18.5. The van der Waals surface area contributed by atoms with Crippen LogP contribution in [0.3, 0.4) is 0 Å². The van der Waals surface area contributed by atoms with Crippen LogP contribution in [0.2, 0.25) is 0 Å². The molecule has 4 nitrogen and oxygen atoms in total. The van der Waals surface area contributed by atoms with Gasteiger partial charge in [0.25, 0.3) is 11.8 Å². The molecule has 1 aliphatic heterocycles. The predicted molar refractivity (Wildman–Crippen MR) is 107 cm³/mol. The molecule has 3 rings (SSSR count). The van der Waals surface area contributed by atoms with Gasteiger partial charge in [0.15, 0.2) is 0 Å². The molecular weight excluding hydrogens is 357 g/mol. The topological polar surface area (TPSA) is 46.6 Å². The number of methoxy groups -OCH3 is 1. The Morgan fingerprint density at radius 2 is 1.89 bits per heavy atom. The molecule has 0 atom stereocenters. The Balaban J connectivity index is 1.79. The van der Waals surface area contributed by atoms with E-state index in [1.54, 1.807) is 31.4 Å². The highest BCUT2D eigenvalue weighted by Gasteiger charge is 2.26. The van der Waals surface area contributed by atoms with E-state index in [2.05, 4.69) is 0 Å². The first-order valence-electron chi connectivity index (χ1n) is 9.06. The molecule has 144 valence electrons. The van der Waals surface area contributed by atoms with Gasteiger partial charge in [0, 0.05) is 18.2 Å². The third-order valence-electron chi connectivity index (χ3n) is 4.88. The second-order valence-corrected chi connectivity index (χ2v) is 6.71. The van der Waals surface area contributed by atoms with Gasteiger partial charge in [0.05, 0.1) is 7.11 Å². The van der Waals surface area contributed by atoms with Crippen molar-refractivity contribution in [2.75, 3.05) is 13.7 Å². The molecule has 0 aliphatic carbocycles. The van der Waals surface area contributed by atoms with E-state index in [0.717, 1.165) is 22.4 Å². The number of aryl methyl sites for hydroxylation is 1. The summed E-state index contributed by atoms with van der Waals surface area (Å²) >= 11 is 0. The Labute approximate surface area is 163 Å². The summed E-state index contributed by atoms with van der Waals surface area (Å²) in [5.74, 6) is -0.366. The van der Waals surface area contributed by atoms with Gasteiger partial charge < -0.3 is 4.74 Å². The summed E-state index contributed by atoms with van der Waals surface area (Å²) in [5.41, 5.74) is 3.95. The highest BCUT2D eigenvalue weighted by Crippen LogP contribution is 2.25. The van der Waals surface area contributed by atoms with Crippen molar-refractivity contribution in [3.8, 4) is 5.75 Å². The van der Waals surface area contributed by atoms with Crippen LogP contribution in [0.25, 0.3) is 11.6 Å². The summed E-state index contributed by atoms with van der Waals surface area (Å²) in [6.45, 7) is 4.27. The first kappa shape index (κ1) is 19.5. The molecule has 0 aromatic heterocycles. The number of benzene rings is 2. The van der Waals surface area contributed by atoms with Gasteiger partial charge in [-0.3, -0.25) is 14.5 Å². The van der Waals surface area contributed by atoms with E-state index in [4.69, 9.17) is 4.74 Å². The fraction of sp³-hybridized carbons (Fsp3) is 0.217. The molecule has 0 saturated heterocycles. The Bertz CT molecular complexity index is 974. The highest BCUT2D eigenvalue weighted by atomic mass is 19.1. The van der Waals surface area contributed by atoms with Crippen molar-refractivity contribution in [3.63, 3.8) is 0 Å². The summed E-state index contributed by atoms with van der Waals surface area (Å²) in [6.07, 6.45) is 5.43. The van der Waals surface area contributed by atoms with Crippen molar-refractivity contribution in [2.24, 2.45) is 0 Å². The molecule has 28 heavy (non-hydrogen) atoms. The van der Waals surface area contributed by atoms with Crippen LogP contribution in [-0.2, 0) is 9.59 Å². The smallest absolute Gasteiger partial charge is 0.261 e. The molecule has 5 heteroatoms. The summed E-state index contributed by atoms with van der Waals surface area (Å²) in [7, 11) is 1.61. The van der Waals surface area contributed by atoms with Crippen LogP contribution in [0.4, 0.5) is 4.39 Å². The Kier molecular flexibility index (Phi) is 5.73. The average Bonchev–Trinajstić information content (AvgIpc) is 2.69. The van der Waals surface area contributed by atoms with E-state index in [1.807, 2.05) is 26.0 Å². The largest absolute Gasteiger partial charge is 0.496 e. The van der Waals surface area contributed by atoms with Crippen LogP contribution in [0.15, 0.2) is 48.6 Å². The second kappa shape index (κ2) is 8.21. The van der Waals surface area contributed by atoms with Crippen LogP contribution in [0.5, 0.6) is 5.75 Å². The standard InChI is InChI=1S/C23H22FNO3/c1-15-13-17(14-21(28-3)16(15)2)6-11-22(26)25-12-4-5-20(23(25)27)18-7-9-19(24)10-8-18/h5-11,13-14H,4,12H2,1-3H3/b11-6+. The molecular formula is C23H22FNO3. The first-order chi connectivity index (χ1) is 13.4. The Morgan fingerprint density at radius 1 is 1.18 bits per heavy atom. The third-order valence-corrected chi connectivity index (χ3v) is 4.88. The van der Waals surface area contributed by atoms with Gasteiger partial charge in [-0.25, -0.2) is 4.39 Å². The van der Waals surface area contributed by atoms with E-state index in [1.165, 1.54) is 23.1 Å². The van der Waals surface area contributed by atoms with E-state index in [-0.39, 0.29) is 17.6 Å². The van der Waals surface area contributed by atoms with Gasteiger partial charge in [-0.1, -0.05) is 24.3 Å². The lowest BCUT2D eigenvalue weighted by Crippen LogP contribution is -2.39. The summed E-state index contributed by atoms with van der Waals surface area (Å²) in [4.78, 5) is 26.6. The molecule has 0 saturated carbocycles. The minimum Gasteiger partial charge on any atom is -0.496 e. The average molecular weight is 379 g/mol. The molecule has 0 bridgehead atoms. The molecule has 2 amide bonds. The Hall–Kier alpha value is -3.21. The van der Waals surface area contributed by atoms with Crippen LogP contribution >= 0.6 is 0 Å². The predicted octanol–water partition coefficient (Wildman–Crippen LogP) is 4.31. The number of hydrogen-bond acceptors (Lipinski definition) is 3. The van der Waals surface area contributed by atoms with Crippen LogP contribution < -0.4 is 4.74 Å². The van der Waals surface area contributed by atoms with Crippen molar-refractivity contribution in [1.82, 2.24) is 4.90 Å². The number of amides is 2. The normalized spacial score (nSPS) is 14.4. The SMILES string of the molecule is COc1cc(/C=C/C(=O)N2CCC=C(c3ccc(F)cc3)C2=O)cc(C)c1C. The van der Waals surface area contributed by atoms with E-state index < -0.39 is 0 Å². The highest BCUT2D eigenvalue weighted by molar-refractivity contribution is 6.25. The van der Waals surface area contributed by atoms with Crippen molar-refractivity contribution < 1.29 is 18.7 Å². The quantitative estimate of drug-likeness (QED) is 0.744. The van der Waals surface area contributed by atoms with Gasteiger partial charge in [-0.2, -0.15) is 0 Å². The second-order valence-electron chi connectivity index (χ2n) is 6.71. The molecule has 1 heterocycles. The third kappa shape index (κ3) is 4.03. The number of nitrogens with zero attached hydrogens (tertiary/aromatic N) is 1. The number of hydrogen-bond donors (Lipinski definition) is 0. The summed E-state index contributed by atoms with van der Waals surface area (Å²) in [6, 6.07) is 9.51. The molecule has 0 unspecified atom stereocenters. The number of rotatable bonds is 4.